The van der Waals surface area contributed by atoms with Crippen molar-refractivity contribution in [1.82, 2.24) is 4.98 Å². The van der Waals surface area contributed by atoms with E-state index in [1.165, 1.54) is 16.8 Å². The molecule has 0 unspecified atom stereocenters. The molecule has 1 aromatic heterocycles. The zero-order chi connectivity index (χ0) is 10.8. The van der Waals surface area contributed by atoms with Crippen LogP contribution in [0.5, 0.6) is 0 Å². The smallest absolute Gasteiger partial charge is 0.0962 e. The van der Waals surface area contributed by atoms with E-state index in [2.05, 4.69) is 34.7 Å². The number of nitrogens with zero attached hydrogens (tertiary/aromatic N) is 2. The maximum atomic E-state index is 4.08. The van der Waals surface area contributed by atoms with Gasteiger partial charge in [-0.1, -0.05) is 11.6 Å². The van der Waals surface area contributed by atoms with E-state index in [0.717, 1.165) is 24.2 Å². The Balaban J connectivity index is 2.59. The standard InChI is InChI=1S/C12H15N3/c1-8-4-5-10-9(6-8)12(14-3)11(15-10)7-13-2/h6-7,15H,3-5H2,1-2H3/b13-7-. The molecule has 2 rings (SSSR count). The quantitative estimate of drug-likeness (QED) is 0.715. The molecule has 78 valence electrons. The van der Waals surface area contributed by atoms with Crippen LogP contribution in [-0.4, -0.2) is 25.0 Å². The van der Waals surface area contributed by atoms with Gasteiger partial charge in [0, 0.05) is 24.5 Å². The van der Waals surface area contributed by atoms with E-state index < -0.39 is 0 Å². The Hall–Kier alpha value is -1.64. The topological polar surface area (TPSA) is 40.5 Å². The molecule has 0 saturated carbocycles. The molecule has 1 aromatic rings. The molecule has 0 aliphatic heterocycles. The van der Waals surface area contributed by atoms with Gasteiger partial charge in [0.05, 0.1) is 11.4 Å². The molecular weight excluding hydrogens is 186 g/mol. The summed E-state index contributed by atoms with van der Waals surface area (Å²) >= 11 is 0. The Labute approximate surface area is 89.7 Å². The molecule has 0 radical (unpaired) electrons. The van der Waals surface area contributed by atoms with Crippen molar-refractivity contribution in [1.29, 1.82) is 0 Å². The average molecular weight is 201 g/mol. The Morgan fingerprint density at radius 2 is 2.27 bits per heavy atom. The summed E-state index contributed by atoms with van der Waals surface area (Å²) in [6, 6.07) is 0. The molecule has 0 fully saturated rings. The summed E-state index contributed by atoms with van der Waals surface area (Å²) in [7, 11) is 1.76. The molecule has 3 heteroatoms. The normalized spacial score (nSPS) is 15.2. The summed E-state index contributed by atoms with van der Waals surface area (Å²) in [5.41, 5.74) is 5.71. The van der Waals surface area contributed by atoms with Crippen LogP contribution in [0.3, 0.4) is 0 Å². The molecule has 0 saturated heterocycles. The van der Waals surface area contributed by atoms with Gasteiger partial charge in [0.15, 0.2) is 0 Å². The van der Waals surface area contributed by atoms with Gasteiger partial charge < -0.3 is 4.98 Å². The summed E-state index contributed by atoms with van der Waals surface area (Å²) in [5, 5.41) is 0. The molecular formula is C12H15N3. The Morgan fingerprint density at radius 3 is 2.93 bits per heavy atom. The molecule has 1 aliphatic rings. The van der Waals surface area contributed by atoms with Crippen LogP contribution in [0.2, 0.25) is 0 Å². The highest BCUT2D eigenvalue weighted by molar-refractivity contribution is 5.90. The first-order valence-corrected chi connectivity index (χ1v) is 5.07. The van der Waals surface area contributed by atoms with E-state index in [-0.39, 0.29) is 0 Å². The highest BCUT2D eigenvalue weighted by Gasteiger charge is 2.16. The average Bonchev–Trinajstić information content (AvgIpc) is 2.55. The number of aliphatic imine (C=N–C) groups is 2. The first kappa shape index (κ1) is 9.90. The Kier molecular flexibility index (Phi) is 2.54. The van der Waals surface area contributed by atoms with Crippen molar-refractivity contribution >= 4 is 24.7 Å². The van der Waals surface area contributed by atoms with Gasteiger partial charge in [-0.2, -0.15) is 0 Å². The predicted molar refractivity (Wildman–Crippen MR) is 65.5 cm³/mol. The van der Waals surface area contributed by atoms with Gasteiger partial charge in [-0.15, -0.1) is 0 Å². The van der Waals surface area contributed by atoms with Crippen molar-refractivity contribution in [3.8, 4) is 0 Å². The number of H-pyrrole nitrogens is 1. The lowest BCUT2D eigenvalue weighted by Crippen LogP contribution is -1.95. The molecule has 0 bridgehead atoms. The number of allylic oxidation sites excluding steroid dienone is 1. The van der Waals surface area contributed by atoms with Gasteiger partial charge in [-0.05, 0) is 26.5 Å². The number of rotatable bonds is 2. The summed E-state index contributed by atoms with van der Waals surface area (Å²) < 4.78 is 0. The molecule has 1 N–H and O–H groups in total. The van der Waals surface area contributed by atoms with E-state index in [9.17, 15) is 0 Å². The van der Waals surface area contributed by atoms with Crippen LogP contribution in [0.1, 0.15) is 30.3 Å². The minimum atomic E-state index is 0.926. The summed E-state index contributed by atoms with van der Waals surface area (Å²) in [5.74, 6) is 0. The van der Waals surface area contributed by atoms with Crippen LogP contribution >= 0.6 is 0 Å². The largest absolute Gasteiger partial charge is 0.355 e. The second-order valence-electron chi connectivity index (χ2n) is 3.82. The SMILES string of the molecule is C=Nc1c(/C=N\C)[nH]c2c1C=C(C)CC2. The van der Waals surface area contributed by atoms with Gasteiger partial charge in [0.25, 0.3) is 0 Å². The minimum Gasteiger partial charge on any atom is -0.355 e. The van der Waals surface area contributed by atoms with Crippen LogP contribution in [-0.2, 0) is 6.42 Å². The molecule has 1 aliphatic carbocycles. The molecule has 15 heavy (non-hydrogen) atoms. The maximum absolute atomic E-state index is 4.08. The number of aromatic amines is 1. The van der Waals surface area contributed by atoms with Crippen LogP contribution in [0, 0.1) is 0 Å². The fourth-order valence-electron chi connectivity index (χ4n) is 1.96. The molecule has 0 amide bonds. The van der Waals surface area contributed by atoms with Crippen molar-refractivity contribution < 1.29 is 0 Å². The zero-order valence-corrected chi connectivity index (χ0v) is 9.17. The van der Waals surface area contributed by atoms with E-state index in [0.29, 0.717) is 0 Å². The van der Waals surface area contributed by atoms with E-state index in [1.54, 1.807) is 13.3 Å². The third kappa shape index (κ3) is 1.65. The van der Waals surface area contributed by atoms with E-state index in [4.69, 9.17) is 0 Å². The lowest BCUT2D eigenvalue weighted by atomic mass is 9.98. The lowest BCUT2D eigenvalue weighted by molar-refractivity contribution is 0.897. The van der Waals surface area contributed by atoms with Crippen LogP contribution < -0.4 is 0 Å². The van der Waals surface area contributed by atoms with Crippen molar-refractivity contribution in [3.05, 3.63) is 22.5 Å². The summed E-state index contributed by atoms with van der Waals surface area (Å²) in [6.07, 6.45) is 6.16. The predicted octanol–water partition coefficient (Wildman–Crippen LogP) is 2.75. The van der Waals surface area contributed by atoms with Crippen molar-refractivity contribution in [2.45, 2.75) is 19.8 Å². The summed E-state index contributed by atoms with van der Waals surface area (Å²) in [4.78, 5) is 11.4. The van der Waals surface area contributed by atoms with Crippen molar-refractivity contribution in [2.24, 2.45) is 9.98 Å². The number of hydrogen-bond donors (Lipinski definition) is 1. The Bertz CT molecular complexity index is 450. The molecule has 0 aromatic carbocycles. The highest BCUT2D eigenvalue weighted by Crippen LogP contribution is 2.33. The fourth-order valence-corrected chi connectivity index (χ4v) is 1.96. The van der Waals surface area contributed by atoms with Crippen molar-refractivity contribution in [2.75, 3.05) is 7.05 Å². The van der Waals surface area contributed by atoms with Crippen LogP contribution in [0.4, 0.5) is 5.69 Å². The third-order valence-corrected chi connectivity index (χ3v) is 2.70. The zero-order valence-electron chi connectivity index (χ0n) is 9.17. The maximum Gasteiger partial charge on any atom is 0.0962 e. The number of fused-ring (bicyclic) bond motifs is 1. The van der Waals surface area contributed by atoms with Crippen LogP contribution in [0.15, 0.2) is 15.6 Å². The first-order chi connectivity index (χ1) is 7.26. The lowest BCUT2D eigenvalue weighted by Gasteiger charge is -2.09. The summed E-state index contributed by atoms with van der Waals surface area (Å²) in [6.45, 7) is 5.77. The highest BCUT2D eigenvalue weighted by atomic mass is 14.8. The molecule has 3 nitrogen and oxygen atoms in total. The third-order valence-electron chi connectivity index (χ3n) is 2.70. The number of hydrogen-bond acceptors (Lipinski definition) is 2. The number of aromatic nitrogens is 1. The van der Waals surface area contributed by atoms with E-state index >= 15 is 0 Å². The molecule has 0 atom stereocenters. The second kappa shape index (κ2) is 3.85. The minimum absolute atomic E-state index is 0.926. The van der Waals surface area contributed by atoms with Crippen molar-refractivity contribution in [3.63, 3.8) is 0 Å². The van der Waals surface area contributed by atoms with Gasteiger partial charge in [-0.3, -0.25) is 9.98 Å². The van der Waals surface area contributed by atoms with Crippen LogP contribution in [0.25, 0.3) is 6.08 Å². The number of aryl methyl sites for hydroxylation is 1. The van der Waals surface area contributed by atoms with E-state index in [1.807, 2.05) is 0 Å². The fraction of sp³-hybridized carbons (Fsp3) is 0.333. The second-order valence-corrected chi connectivity index (χ2v) is 3.82. The molecule has 1 heterocycles. The first-order valence-electron chi connectivity index (χ1n) is 5.07. The monoisotopic (exact) mass is 201 g/mol. The van der Waals surface area contributed by atoms with Gasteiger partial charge in [0.2, 0.25) is 0 Å². The van der Waals surface area contributed by atoms with Gasteiger partial charge in [0.1, 0.15) is 0 Å². The molecule has 0 spiro atoms. The van der Waals surface area contributed by atoms with Gasteiger partial charge in [-0.25, -0.2) is 0 Å². The number of nitrogens with one attached hydrogen (secondary N) is 1. The van der Waals surface area contributed by atoms with Gasteiger partial charge >= 0.3 is 0 Å². The Morgan fingerprint density at radius 1 is 1.47 bits per heavy atom.